The summed E-state index contributed by atoms with van der Waals surface area (Å²) < 4.78 is 3.91. The average molecular weight is 560 g/mol. The summed E-state index contributed by atoms with van der Waals surface area (Å²) in [5.41, 5.74) is 6.90. The number of nitrogens with zero attached hydrogens (tertiary/aromatic N) is 5. The fourth-order valence-corrected chi connectivity index (χ4v) is 6.77. The van der Waals surface area contributed by atoms with Gasteiger partial charge in [-0.3, -0.25) is 14.5 Å². The van der Waals surface area contributed by atoms with Gasteiger partial charge in [-0.15, -0.1) is 23.1 Å². The van der Waals surface area contributed by atoms with Crippen molar-refractivity contribution >= 4 is 74.0 Å². The molecule has 3 N–H and O–H groups in total. The number of thiazole rings is 2. The molecule has 0 saturated carbocycles. The van der Waals surface area contributed by atoms with E-state index in [0.29, 0.717) is 11.3 Å². The molecular formula is C22H21N7O5S3. The van der Waals surface area contributed by atoms with Crippen LogP contribution in [0.25, 0.3) is 10.9 Å². The number of aryl methyl sites for hydroxylation is 1. The molecule has 15 heteroatoms. The van der Waals surface area contributed by atoms with Crippen LogP contribution >= 0.6 is 34.4 Å². The third-order valence-electron chi connectivity index (χ3n) is 5.63. The number of rotatable bonds is 8. The molecule has 37 heavy (non-hydrogen) atoms. The van der Waals surface area contributed by atoms with Crippen LogP contribution in [0.1, 0.15) is 18.3 Å². The van der Waals surface area contributed by atoms with Gasteiger partial charge in [0.15, 0.2) is 10.8 Å². The van der Waals surface area contributed by atoms with Gasteiger partial charge < -0.3 is 25.8 Å². The molecule has 2 aliphatic heterocycles. The van der Waals surface area contributed by atoms with E-state index in [4.69, 9.17) is 10.6 Å². The summed E-state index contributed by atoms with van der Waals surface area (Å²) in [4.78, 5) is 49.4. The van der Waals surface area contributed by atoms with Crippen molar-refractivity contribution in [3.8, 4) is 0 Å². The molecule has 0 bridgehead atoms. The zero-order valence-corrected chi connectivity index (χ0v) is 22.1. The first kappa shape index (κ1) is 25.0. The average Bonchev–Trinajstić information content (AvgIpc) is 3.56. The van der Waals surface area contributed by atoms with E-state index in [0.717, 1.165) is 26.8 Å². The number of anilines is 1. The number of nitrogen functional groups attached to an aromatic ring is 1. The monoisotopic (exact) mass is 559 g/mol. The van der Waals surface area contributed by atoms with Crippen molar-refractivity contribution in [1.29, 1.82) is 0 Å². The smallest absolute Gasteiger partial charge is 0.276 e. The number of aromatic nitrogens is 3. The first-order chi connectivity index (χ1) is 17.8. The zero-order chi connectivity index (χ0) is 26.3. The van der Waals surface area contributed by atoms with E-state index in [9.17, 15) is 19.5 Å². The van der Waals surface area contributed by atoms with E-state index >= 15 is 0 Å². The Morgan fingerprint density at radius 3 is 2.89 bits per heavy atom. The van der Waals surface area contributed by atoms with Gasteiger partial charge in [-0.25, -0.2) is 9.55 Å². The third-order valence-corrected chi connectivity index (χ3v) is 8.50. The van der Waals surface area contributed by atoms with E-state index in [-0.39, 0.29) is 28.8 Å². The number of thioether (sulfide) groups is 1. The molecule has 0 aromatic carbocycles. The SMILES string of the molecule is CCO/N=C(\C(=O)N[C@@H]1C(=O)N2C(C(=O)[O-])=C(/C=C/c3csc4c[n+](C)cn34)CS[C@H]12)c1csc(N)n1. The minimum Gasteiger partial charge on any atom is -0.543 e. The van der Waals surface area contributed by atoms with E-state index in [1.165, 1.54) is 11.8 Å². The number of fused-ring (bicyclic) bond motifs is 2. The highest BCUT2D eigenvalue weighted by Crippen LogP contribution is 2.40. The van der Waals surface area contributed by atoms with Gasteiger partial charge in [-0.05, 0) is 18.6 Å². The molecule has 2 atom stereocenters. The fourth-order valence-electron chi connectivity index (χ4n) is 3.97. The van der Waals surface area contributed by atoms with E-state index < -0.39 is 29.2 Å². The normalized spacial score (nSPS) is 19.9. The Morgan fingerprint density at radius 2 is 2.19 bits per heavy atom. The van der Waals surface area contributed by atoms with Gasteiger partial charge in [0.25, 0.3) is 11.8 Å². The molecule has 3 aromatic heterocycles. The Hall–Kier alpha value is -3.69. The standard InChI is InChI=1S/C22H21N7O5S3/c1-3-34-26-15(13-9-37-22(23)24-13)18(30)25-16-19(31)29-17(21(32)33)11(7-36-20(16)29)4-5-12-8-35-14-6-27(2)10-28(12)14/h4-6,8-10,16,20H,3,7H2,1-2H3,(H3-,23,24,25,30,32,33)/b5-4+,26-15-/t16-,20-/m1/s1. The summed E-state index contributed by atoms with van der Waals surface area (Å²) in [6.45, 7) is 1.93. The number of oxime groups is 1. The fraction of sp³-hybridized carbons (Fsp3) is 0.273. The van der Waals surface area contributed by atoms with Crippen LogP contribution in [0.3, 0.4) is 0 Å². The van der Waals surface area contributed by atoms with Crippen LogP contribution in [-0.4, -0.2) is 61.6 Å². The molecule has 1 fully saturated rings. The topological polar surface area (TPSA) is 158 Å². The number of nitrogens with two attached hydrogens (primary N) is 1. The van der Waals surface area contributed by atoms with Gasteiger partial charge in [0.1, 0.15) is 35.6 Å². The summed E-state index contributed by atoms with van der Waals surface area (Å²) in [5.74, 6) is -2.37. The van der Waals surface area contributed by atoms with E-state index in [1.54, 1.807) is 29.7 Å². The van der Waals surface area contributed by atoms with Crippen molar-refractivity contribution in [2.75, 3.05) is 18.1 Å². The molecule has 0 radical (unpaired) electrons. The molecule has 0 unspecified atom stereocenters. The first-order valence-corrected chi connectivity index (χ1v) is 13.8. The number of carboxylic acids is 1. The minimum atomic E-state index is -1.46. The van der Waals surface area contributed by atoms with Crippen LogP contribution < -0.4 is 20.7 Å². The number of hydrogen-bond acceptors (Lipinski definition) is 11. The van der Waals surface area contributed by atoms with Crippen molar-refractivity contribution in [2.45, 2.75) is 18.3 Å². The number of amides is 2. The van der Waals surface area contributed by atoms with Crippen LogP contribution in [0.15, 0.2) is 45.8 Å². The van der Waals surface area contributed by atoms with Gasteiger partial charge >= 0.3 is 0 Å². The van der Waals surface area contributed by atoms with Crippen LogP contribution in [0.4, 0.5) is 5.13 Å². The van der Waals surface area contributed by atoms with Crippen molar-refractivity contribution in [3.05, 3.63) is 52.0 Å². The summed E-state index contributed by atoms with van der Waals surface area (Å²) in [6.07, 6.45) is 7.40. The maximum absolute atomic E-state index is 13.0. The van der Waals surface area contributed by atoms with Crippen LogP contribution in [0.5, 0.6) is 0 Å². The van der Waals surface area contributed by atoms with Crippen molar-refractivity contribution in [3.63, 3.8) is 0 Å². The first-order valence-electron chi connectivity index (χ1n) is 11.0. The number of carbonyl (C=O) groups is 3. The summed E-state index contributed by atoms with van der Waals surface area (Å²) >= 11 is 4.04. The second-order valence-corrected chi connectivity index (χ2v) is 10.9. The molecule has 5 rings (SSSR count). The summed E-state index contributed by atoms with van der Waals surface area (Å²) in [6, 6.07) is -0.948. The number of allylic oxidation sites excluding steroid dienone is 1. The molecule has 0 spiro atoms. The molecule has 5 heterocycles. The Kier molecular flexibility index (Phi) is 6.74. The lowest BCUT2D eigenvalue weighted by atomic mass is 10.0. The molecular weight excluding hydrogens is 538 g/mol. The third kappa shape index (κ3) is 4.60. The van der Waals surface area contributed by atoms with Crippen molar-refractivity contribution in [2.24, 2.45) is 12.2 Å². The highest BCUT2D eigenvalue weighted by Gasteiger charge is 2.53. The lowest BCUT2D eigenvalue weighted by molar-refractivity contribution is -0.669. The van der Waals surface area contributed by atoms with Crippen LogP contribution in [0.2, 0.25) is 0 Å². The second-order valence-electron chi connectivity index (χ2n) is 8.06. The van der Waals surface area contributed by atoms with Gasteiger partial charge in [0, 0.05) is 16.5 Å². The minimum absolute atomic E-state index is 0.123. The molecule has 192 valence electrons. The number of hydrogen-bond donors (Lipinski definition) is 2. The Morgan fingerprint density at radius 1 is 1.38 bits per heavy atom. The zero-order valence-electron chi connectivity index (χ0n) is 19.6. The lowest BCUT2D eigenvalue weighted by Crippen LogP contribution is -2.71. The molecule has 0 aliphatic carbocycles. The molecule has 2 aliphatic rings. The maximum atomic E-state index is 13.0. The van der Waals surface area contributed by atoms with E-state index in [2.05, 4.69) is 15.5 Å². The van der Waals surface area contributed by atoms with Gasteiger partial charge in [-0.2, -0.15) is 4.40 Å². The molecule has 2 amide bonds. The van der Waals surface area contributed by atoms with Gasteiger partial charge in [-0.1, -0.05) is 22.6 Å². The van der Waals surface area contributed by atoms with Gasteiger partial charge in [0.2, 0.25) is 11.2 Å². The number of imidazole rings is 1. The molecule has 3 aromatic rings. The van der Waals surface area contributed by atoms with Crippen LogP contribution in [-0.2, 0) is 26.3 Å². The summed E-state index contributed by atoms with van der Waals surface area (Å²) in [7, 11) is 1.92. The predicted octanol–water partition coefficient (Wildman–Crippen LogP) is -0.278. The lowest BCUT2D eigenvalue weighted by Gasteiger charge is -2.50. The largest absolute Gasteiger partial charge is 0.543 e. The Labute approximate surface area is 222 Å². The number of carbonyl (C=O) groups excluding carboxylic acids is 3. The quantitative estimate of drug-likeness (QED) is 0.165. The van der Waals surface area contributed by atoms with Crippen LogP contribution in [0, 0.1) is 0 Å². The van der Waals surface area contributed by atoms with Crippen molar-refractivity contribution in [1.82, 2.24) is 19.6 Å². The van der Waals surface area contributed by atoms with Crippen molar-refractivity contribution < 1.29 is 28.9 Å². The summed E-state index contributed by atoms with van der Waals surface area (Å²) in [5, 5.41) is 21.7. The highest BCUT2D eigenvalue weighted by atomic mass is 32.2. The Bertz CT molecular complexity index is 1500. The maximum Gasteiger partial charge on any atom is 0.276 e. The molecule has 12 nitrogen and oxygen atoms in total. The predicted molar refractivity (Wildman–Crippen MR) is 137 cm³/mol. The van der Waals surface area contributed by atoms with E-state index in [1.807, 2.05) is 40.0 Å². The second kappa shape index (κ2) is 9.99. The molecule has 1 saturated heterocycles. The number of nitrogens with one attached hydrogen (secondary N) is 1. The van der Waals surface area contributed by atoms with Gasteiger partial charge in [0.05, 0.1) is 18.7 Å². The number of aliphatic carboxylic acids is 1. The Balaban J connectivity index is 1.36. The number of β-lactam (4-membered cyclic amide) rings is 1. The highest BCUT2D eigenvalue weighted by molar-refractivity contribution is 8.00. The number of carboxylic acid groups (broad SMARTS) is 1.